The van der Waals surface area contributed by atoms with E-state index in [1.54, 1.807) is 0 Å². The first-order valence-corrected chi connectivity index (χ1v) is 12.8. The number of phenols is 8. The normalized spacial score (nSPS) is 24.6. The van der Waals surface area contributed by atoms with Crippen molar-refractivity contribution in [1.82, 2.24) is 0 Å². The van der Waals surface area contributed by atoms with Crippen molar-refractivity contribution in [2.75, 3.05) is 0 Å². The summed E-state index contributed by atoms with van der Waals surface area (Å²) in [6, 6.07) is 11.9. The summed E-state index contributed by atoms with van der Waals surface area (Å²) >= 11 is 0. The second-order valence-electron chi connectivity index (χ2n) is 10.4. The molecule has 218 valence electrons. The highest BCUT2D eigenvalue weighted by molar-refractivity contribution is 5.60. The number of rotatable bonds is 3. The number of phenolic OH excluding ortho intramolecular Hbond substituents is 8. The Morgan fingerprint density at radius 2 is 0.810 bits per heavy atom. The predicted molar refractivity (Wildman–Crippen MR) is 143 cm³/mol. The Morgan fingerprint density at radius 1 is 0.429 bits per heavy atom. The molecule has 0 aliphatic carbocycles. The van der Waals surface area contributed by atoms with Crippen LogP contribution in [0.4, 0.5) is 0 Å². The van der Waals surface area contributed by atoms with Gasteiger partial charge in [0.1, 0.15) is 46.7 Å². The van der Waals surface area contributed by atoms with Crippen LogP contribution in [-0.2, 0) is 0 Å². The fraction of sp³-hybridized carbons (Fsp3) is 0.200. The van der Waals surface area contributed by atoms with E-state index in [0.717, 1.165) is 12.1 Å². The number of aliphatic hydroxyl groups is 2. The third-order valence-electron chi connectivity index (χ3n) is 7.78. The zero-order chi connectivity index (χ0) is 30.0. The molecular formula is C30H26O12. The molecule has 12 heteroatoms. The second-order valence-corrected chi connectivity index (χ2v) is 10.4. The quantitative estimate of drug-likeness (QED) is 0.158. The number of hydrogen-bond acceptors (Lipinski definition) is 12. The molecule has 6 atom stereocenters. The van der Waals surface area contributed by atoms with Gasteiger partial charge in [0.15, 0.2) is 35.2 Å². The lowest BCUT2D eigenvalue weighted by Gasteiger charge is -2.46. The van der Waals surface area contributed by atoms with Gasteiger partial charge in [-0.2, -0.15) is 0 Å². The minimum Gasteiger partial charge on any atom is -0.508 e. The van der Waals surface area contributed by atoms with E-state index in [1.807, 2.05) is 0 Å². The summed E-state index contributed by atoms with van der Waals surface area (Å²) in [4.78, 5) is 0. The maximum atomic E-state index is 11.9. The summed E-state index contributed by atoms with van der Waals surface area (Å²) in [5.41, 5.74) is 0.369. The molecule has 0 spiro atoms. The third kappa shape index (κ3) is 4.24. The average molecular weight is 579 g/mol. The summed E-state index contributed by atoms with van der Waals surface area (Å²) < 4.78 is 12.0. The molecule has 2 heterocycles. The highest BCUT2D eigenvalue weighted by Gasteiger charge is 2.52. The summed E-state index contributed by atoms with van der Waals surface area (Å²) in [5.74, 6) is -6.26. The first-order chi connectivity index (χ1) is 19.9. The number of ether oxygens (including phenoxy) is 2. The third-order valence-corrected chi connectivity index (χ3v) is 7.78. The monoisotopic (exact) mass is 578 g/mol. The molecule has 2 aliphatic heterocycles. The molecule has 2 aliphatic rings. The lowest BCUT2D eigenvalue weighted by atomic mass is 9.68. The van der Waals surface area contributed by atoms with Crippen molar-refractivity contribution in [3.63, 3.8) is 0 Å². The van der Waals surface area contributed by atoms with Crippen LogP contribution in [0.2, 0.25) is 0 Å². The van der Waals surface area contributed by atoms with E-state index < -0.39 is 70.7 Å². The predicted octanol–water partition coefficient (Wildman–Crippen LogP) is 3.19. The lowest BCUT2D eigenvalue weighted by molar-refractivity contribution is -0.0540. The molecule has 6 rings (SSSR count). The summed E-state index contributed by atoms with van der Waals surface area (Å²) in [5, 5.41) is 106. The van der Waals surface area contributed by atoms with Gasteiger partial charge in [-0.1, -0.05) is 12.1 Å². The summed E-state index contributed by atoms with van der Waals surface area (Å²) in [7, 11) is 0. The Hall–Kier alpha value is -5.20. The van der Waals surface area contributed by atoms with Crippen molar-refractivity contribution in [2.45, 2.75) is 36.3 Å². The van der Waals surface area contributed by atoms with Gasteiger partial charge in [0.05, 0.1) is 0 Å². The van der Waals surface area contributed by atoms with Gasteiger partial charge in [-0.05, 0) is 35.4 Å². The van der Waals surface area contributed by atoms with Crippen LogP contribution in [0.1, 0.15) is 46.3 Å². The van der Waals surface area contributed by atoms with Crippen LogP contribution in [0.15, 0.2) is 60.7 Å². The average Bonchev–Trinajstić information content (AvgIpc) is 2.92. The molecule has 42 heavy (non-hydrogen) atoms. The molecule has 4 aromatic rings. The van der Waals surface area contributed by atoms with Crippen molar-refractivity contribution < 1.29 is 60.5 Å². The van der Waals surface area contributed by atoms with Gasteiger partial charge in [-0.15, -0.1) is 0 Å². The number of aromatic hydroxyl groups is 8. The number of fused-ring (bicyclic) bond motifs is 2. The van der Waals surface area contributed by atoms with Crippen molar-refractivity contribution in [3.8, 4) is 57.5 Å². The van der Waals surface area contributed by atoms with Crippen LogP contribution in [-0.4, -0.2) is 63.3 Å². The Balaban J connectivity index is 1.58. The highest BCUT2D eigenvalue weighted by atomic mass is 16.5. The Bertz CT molecular complexity index is 1580. The zero-order valence-corrected chi connectivity index (χ0v) is 21.5. The fourth-order valence-electron chi connectivity index (χ4n) is 5.94. The number of benzene rings is 4. The largest absolute Gasteiger partial charge is 0.508 e. The molecule has 0 radical (unpaired) electrons. The van der Waals surface area contributed by atoms with Gasteiger partial charge in [-0.25, -0.2) is 0 Å². The molecule has 10 N–H and O–H groups in total. The topological polar surface area (TPSA) is 221 Å². The molecule has 0 saturated carbocycles. The van der Waals surface area contributed by atoms with Crippen molar-refractivity contribution in [1.29, 1.82) is 0 Å². The van der Waals surface area contributed by atoms with Crippen LogP contribution in [0.3, 0.4) is 0 Å². The molecule has 4 aromatic carbocycles. The fourth-order valence-corrected chi connectivity index (χ4v) is 5.94. The first kappa shape index (κ1) is 27.0. The van der Waals surface area contributed by atoms with Gasteiger partial charge in [0.2, 0.25) is 0 Å². The van der Waals surface area contributed by atoms with E-state index in [4.69, 9.17) is 9.47 Å². The van der Waals surface area contributed by atoms with Gasteiger partial charge in [0.25, 0.3) is 0 Å². The number of aliphatic hydroxyl groups excluding tert-OH is 2. The lowest BCUT2D eigenvalue weighted by Crippen LogP contribution is -2.44. The van der Waals surface area contributed by atoms with E-state index in [0.29, 0.717) is 0 Å². The highest BCUT2D eigenvalue weighted by Crippen LogP contribution is 2.59. The minimum atomic E-state index is -1.59. The van der Waals surface area contributed by atoms with Crippen LogP contribution in [0.5, 0.6) is 57.5 Å². The molecule has 0 aromatic heterocycles. The summed E-state index contributed by atoms with van der Waals surface area (Å²) in [6.07, 6.45) is -5.73. The van der Waals surface area contributed by atoms with Crippen LogP contribution < -0.4 is 9.47 Å². The Morgan fingerprint density at radius 3 is 1.17 bits per heavy atom. The Labute approximate surface area is 237 Å². The van der Waals surface area contributed by atoms with Gasteiger partial charge in [0, 0.05) is 47.2 Å². The molecule has 0 saturated heterocycles. The van der Waals surface area contributed by atoms with E-state index in [2.05, 4.69) is 0 Å². The molecule has 0 bridgehead atoms. The SMILES string of the molecule is Oc1cc(O)c2c(c1)OC(c1ccc(O)c(O)c1)C(O)C2C1c2c(O)cc(O)cc2OC(c2ccc(O)c(O)c2)C1O. The van der Waals surface area contributed by atoms with Crippen LogP contribution in [0, 0.1) is 0 Å². The molecule has 0 fully saturated rings. The van der Waals surface area contributed by atoms with E-state index in [1.165, 1.54) is 48.5 Å². The van der Waals surface area contributed by atoms with Crippen molar-refractivity contribution in [2.24, 2.45) is 0 Å². The van der Waals surface area contributed by atoms with Crippen LogP contribution in [0.25, 0.3) is 0 Å². The molecule has 0 amide bonds. The molecule has 6 unspecified atom stereocenters. The van der Waals surface area contributed by atoms with Crippen LogP contribution >= 0.6 is 0 Å². The smallest absolute Gasteiger partial charge is 0.157 e. The standard InChI is InChI=1S/C30H26O12/c31-13-7-19(37)23-21(9-13)41-29(11-1-3-15(33)17(35)5-11)27(39)25(23)26-24-20(38)8-14(32)10-22(24)42-30(28(26)40)12-2-4-16(34)18(36)6-12/h1-10,25-40H. The molecule has 12 nitrogen and oxygen atoms in total. The Kier molecular flexibility index (Phi) is 6.24. The first-order valence-electron chi connectivity index (χ1n) is 12.8. The maximum Gasteiger partial charge on any atom is 0.157 e. The van der Waals surface area contributed by atoms with Gasteiger partial charge >= 0.3 is 0 Å². The van der Waals surface area contributed by atoms with E-state index >= 15 is 0 Å². The second kappa shape index (κ2) is 9.72. The van der Waals surface area contributed by atoms with Gasteiger partial charge in [-0.3, -0.25) is 0 Å². The number of hydrogen-bond donors (Lipinski definition) is 10. The summed E-state index contributed by atoms with van der Waals surface area (Å²) in [6.45, 7) is 0. The minimum absolute atomic E-state index is 0.0174. The van der Waals surface area contributed by atoms with E-state index in [-0.39, 0.29) is 45.3 Å². The molecular weight excluding hydrogens is 552 g/mol. The van der Waals surface area contributed by atoms with Gasteiger partial charge < -0.3 is 60.5 Å². The zero-order valence-electron chi connectivity index (χ0n) is 21.5. The van der Waals surface area contributed by atoms with E-state index in [9.17, 15) is 51.1 Å². The van der Waals surface area contributed by atoms with Crippen molar-refractivity contribution >= 4 is 0 Å². The van der Waals surface area contributed by atoms with Crippen molar-refractivity contribution in [3.05, 3.63) is 82.9 Å². The maximum absolute atomic E-state index is 11.9.